The van der Waals surface area contributed by atoms with E-state index in [0.29, 0.717) is 32.3 Å². The summed E-state index contributed by atoms with van der Waals surface area (Å²) in [6.07, 6.45) is 0. The Bertz CT molecular complexity index is 1280. The lowest BCUT2D eigenvalue weighted by Crippen LogP contribution is -2.14. The van der Waals surface area contributed by atoms with Crippen molar-refractivity contribution < 1.29 is 4.79 Å². The highest BCUT2D eigenvalue weighted by Gasteiger charge is 2.19. The molecule has 0 fully saturated rings. The first-order valence-electron chi connectivity index (χ1n) is 9.39. The van der Waals surface area contributed by atoms with Gasteiger partial charge in [0.1, 0.15) is 0 Å². The maximum Gasteiger partial charge on any atom is 0.295 e. The van der Waals surface area contributed by atoms with Crippen LogP contribution in [-0.2, 0) is 0 Å². The summed E-state index contributed by atoms with van der Waals surface area (Å²) in [4.78, 5) is 17.4. The molecule has 0 atom stereocenters. The van der Waals surface area contributed by atoms with E-state index in [1.807, 2.05) is 44.2 Å². The highest BCUT2D eigenvalue weighted by Crippen LogP contribution is 2.28. The number of nitrogens with one attached hydrogen (secondary N) is 1. The molecule has 0 aliphatic carbocycles. The third kappa shape index (κ3) is 4.59. The van der Waals surface area contributed by atoms with Gasteiger partial charge in [0.2, 0.25) is 5.82 Å². The van der Waals surface area contributed by atoms with Gasteiger partial charge in [-0.1, -0.05) is 70.7 Å². The molecule has 31 heavy (non-hydrogen) atoms. The Balaban J connectivity index is 1.76. The number of aryl methyl sites for hydroxylation is 2. The Morgan fingerprint density at radius 2 is 1.61 bits per heavy atom. The number of benzene rings is 3. The van der Waals surface area contributed by atoms with Crippen molar-refractivity contribution >= 4 is 46.4 Å². The fourth-order valence-electron chi connectivity index (χ4n) is 2.95. The van der Waals surface area contributed by atoms with Crippen molar-refractivity contribution in [3.8, 4) is 17.1 Å². The molecule has 1 heterocycles. The molecular formula is C23H17Cl3N4O. The van der Waals surface area contributed by atoms with Crippen LogP contribution in [0.4, 0.5) is 5.69 Å². The second kappa shape index (κ2) is 8.71. The van der Waals surface area contributed by atoms with Gasteiger partial charge in [-0.15, -0.1) is 5.10 Å². The number of amides is 1. The number of hydrogen-bond acceptors (Lipinski definition) is 3. The highest BCUT2D eigenvalue weighted by atomic mass is 35.5. The molecule has 0 spiro atoms. The van der Waals surface area contributed by atoms with Crippen LogP contribution in [0.3, 0.4) is 0 Å². The van der Waals surface area contributed by atoms with Gasteiger partial charge < -0.3 is 5.32 Å². The van der Waals surface area contributed by atoms with E-state index in [4.69, 9.17) is 34.8 Å². The first-order chi connectivity index (χ1) is 14.8. The van der Waals surface area contributed by atoms with E-state index in [9.17, 15) is 4.79 Å². The van der Waals surface area contributed by atoms with Gasteiger partial charge in [-0.25, -0.2) is 9.67 Å². The van der Waals surface area contributed by atoms with E-state index >= 15 is 0 Å². The molecule has 4 aromatic rings. The van der Waals surface area contributed by atoms with Crippen LogP contribution < -0.4 is 5.32 Å². The van der Waals surface area contributed by atoms with Crippen LogP contribution in [-0.4, -0.2) is 20.7 Å². The maximum absolute atomic E-state index is 12.9. The third-order valence-electron chi connectivity index (χ3n) is 4.70. The Labute approximate surface area is 194 Å². The van der Waals surface area contributed by atoms with Gasteiger partial charge in [0.05, 0.1) is 15.7 Å². The predicted molar refractivity (Wildman–Crippen MR) is 126 cm³/mol. The van der Waals surface area contributed by atoms with Crippen LogP contribution in [0, 0.1) is 13.8 Å². The average molecular weight is 472 g/mol. The van der Waals surface area contributed by atoms with Crippen molar-refractivity contribution in [2.75, 3.05) is 5.32 Å². The van der Waals surface area contributed by atoms with Crippen molar-refractivity contribution in [3.05, 3.63) is 92.7 Å². The van der Waals surface area contributed by atoms with Crippen LogP contribution in [0.15, 0.2) is 60.7 Å². The van der Waals surface area contributed by atoms with E-state index < -0.39 is 5.91 Å². The van der Waals surface area contributed by atoms with Gasteiger partial charge in [-0.2, -0.15) is 0 Å². The topological polar surface area (TPSA) is 59.8 Å². The number of aromatic nitrogens is 3. The average Bonchev–Trinajstić information content (AvgIpc) is 3.19. The van der Waals surface area contributed by atoms with Crippen LogP contribution in [0.1, 0.15) is 21.7 Å². The zero-order valence-electron chi connectivity index (χ0n) is 16.7. The Kier molecular flexibility index (Phi) is 6.01. The van der Waals surface area contributed by atoms with Gasteiger partial charge in [0.25, 0.3) is 5.91 Å². The predicted octanol–water partition coefficient (Wildman–Crippen LogP) is 6.76. The summed E-state index contributed by atoms with van der Waals surface area (Å²) in [5.74, 6) is 0.0657. The van der Waals surface area contributed by atoms with Crippen LogP contribution in [0.2, 0.25) is 15.1 Å². The molecule has 0 saturated carbocycles. The SMILES string of the molecule is Cc1ccc(-c2nc(C(=O)Nc3ccc(C)c(Cl)c3)nn2-c2ccc(Cl)c(Cl)c2)cc1. The quantitative estimate of drug-likeness (QED) is 0.357. The summed E-state index contributed by atoms with van der Waals surface area (Å²) in [7, 11) is 0. The Morgan fingerprint density at radius 1 is 0.871 bits per heavy atom. The monoisotopic (exact) mass is 470 g/mol. The minimum absolute atomic E-state index is 0.0124. The molecular weight excluding hydrogens is 455 g/mol. The summed E-state index contributed by atoms with van der Waals surface area (Å²) >= 11 is 18.4. The van der Waals surface area contributed by atoms with Crippen molar-refractivity contribution in [2.24, 2.45) is 0 Å². The molecule has 1 amide bonds. The number of carbonyl (C=O) groups is 1. The second-order valence-electron chi connectivity index (χ2n) is 7.05. The number of carbonyl (C=O) groups excluding carboxylic acids is 1. The Morgan fingerprint density at radius 3 is 2.29 bits per heavy atom. The first kappa shape index (κ1) is 21.4. The van der Waals surface area contributed by atoms with Gasteiger partial charge in [-0.3, -0.25) is 4.79 Å². The minimum Gasteiger partial charge on any atom is -0.319 e. The summed E-state index contributed by atoms with van der Waals surface area (Å²) < 4.78 is 1.57. The summed E-state index contributed by atoms with van der Waals surface area (Å²) in [5, 5.41) is 8.60. The normalized spacial score (nSPS) is 10.9. The van der Waals surface area contributed by atoms with E-state index in [0.717, 1.165) is 16.7 Å². The van der Waals surface area contributed by atoms with Gasteiger partial charge in [0, 0.05) is 16.3 Å². The first-order valence-corrected chi connectivity index (χ1v) is 10.5. The fraction of sp³-hybridized carbons (Fsp3) is 0.0870. The zero-order valence-corrected chi connectivity index (χ0v) is 18.9. The molecule has 0 radical (unpaired) electrons. The van der Waals surface area contributed by atoms with Crippen LogP contribution in [0.5, 0.6) is 0 Å². The number of halogens is 3. The lowest BCUT2D eigenvalue weighted by molar-refractivity contribution is 0.101. The van der Waals surface area contributed by atoms with Crippen molar-refractivity contribution in [2.45, 2.75) is 13.8 Å². The largest absolute Gasteiger partial charge is 0.319 e. The van der Waals surface area contributed by atoms with Crippen molar-refractivity contribution in [1.82, 2.24) is 14.8 Å². The molecule has 4 rings (SSSR count). The highest BCUT2D eigenvalue weighted by molar-refractivity contribution is 6.42. The lowest BCUT2D eigenvalue weighted by atomic mass is 10.1. The number of anilines is 1. The van der Waals surface area contributed by atoms with E-state index in [1.54, 1.807) is 35.0 Å². The second-order valence-corrected chi connectivity index (χ2v) is 8.27. The molecule has 156 valence electrons. The molecule has 5 nitrogen and oxygen atoms in total. The zero-order chi connectivity index (χ0) is 22.1. The van der Waals surface area contributed by atoms with E-state index in [-0.39, 0.29) is 5.82 Å². The fourth-order valence-corrected chi connectivity index (χ4v) is 3.43. The minimum atomic E-state index is -0.452. The Hall–Kier alpha value is -2.86. The number of rotatable bonds is 4. The van der Waals surface area contributed by atoms with E-state index in [2.05, 4.69) is 15.4 Å². The van der Waals surface area contributed by atoms with E-state index in [1.165, 1.54) is 0 Å². The van der Waals surface area contributed by atoms with Gasteiger partial charge >= 0.3 is 0 Å². The lowest BCUT2D eigenvalue weighted by Gasteiger charge is -2.07. The standard InChI is InChI=1S/C23H17Cl3N4O/c1-13-3-6-15(7-4-13)22-28-21(23(31)27-16-8-5-14(2)19(25)11-16)29-30(22)17-9-10-18(24)20(26)12-17/h3-12H,1-2H3,(H,27,31). The van der Waals surface area contributed by atoms with Crippen molar-refractivity contribution in [3.63, 3.8) is 0 Å². The molecule has 1 N–H and O–H groups in total. The smallest absolute Gasteiger partial charge is 0.295 e. The number of nitrogens with zero attached hydrogens (tertiary/aromatic N) is 3. The third-order valence-corrected chi connectivity index (χ3v) is 5.84. The summed E-state index contributed by atoms with van der Waals surface area (Å²) in [6.45, 7) is 3.89. The molecule has 0 bridgehead atoms. The molecule has 0 aliphatic heterocycles. The van der Waals surface area contributed by atoms with Gasteiger partial charge in [0.15, 0.2) is 5.82 Å². The molecule has 3 aromatic carbocycles. The molecule has 0 aliphatic rings. The van der Waals surface area contributed by atoms with Crippen molar-refractivity contribution in [1.29, 1.82) is 0 Å². The summed E-state index contributed by atoms with van der Waals surface area (Å²) in [5.41, 5.74) is 4.03. The van der Waals surface area contributed by atoms with Crippen LogP contribution >= 0.6 is 34.8 Å². The summed E-state index contributed by atoms with van der Waals surface area (Å²) in [6, 6.07) is 18.2. The van der Waals surface area contributed by atoms with Gasteiger partial charge in [-0.05, 0) is 49.7 Å². The van der Waals surface area contributed by atoms with Crippen LogP contribution in [0.25, 0.3) is 17.1 Å². The molecule has 0 saturated heterocycles. The molecule has 0 unspecified atom stereocenters. The number of hydrogen-bond donors (Lipinski definition) is 1. The molecule has 1 aromatic heterocycles. The molecule has 8 heteroatoms. The maximum atomic E-state index is 12.9.